The van der Waals surface area contributed by atoms with Crippen molar-refractivity contribution in [2.24, 2.45) is 5.73 Å². The third-order valence-electron chi connectivity index (χ3n) is 2.38. The highest BCUT2D eigenvalue weighted by atomic mass is 16.1. The minimum absolute atomic E-state index is 0.357. The number of aromatic amines is 1. The number of carbonyl (C=O) groups excluding carboxylic acids is 1. The zero-order valence-corrected chi connectivity index (χ0v) is 6.89. The molecule has 0 fully saturated rings. The Kier molecular flexibility index (Phi) is 1.64. The molecule has 3 N–H and O–H groups in total. The van der Waals surface area contributed by atoms with Crippen LogP contribution in [0.3, 0.4) is 0 Å². The number of H-pyrrole nitrogens is 1. The lowest BCUT2D eigenvalue weighted by molar-refractivity contribution is 0.0996. The van der Waals surface area contributed by atoms with Gasteiger partial charge in [-0.2, -0.15) is 0 Å². The summed E-state index contributed by atoms with van der Waals surface area (Å²) < 4.78 is 0. The van der Waals surface area contributed by atoms with Gasteiger partial charge >= 0.3 is 0 Å². The monoisotopic (exact) mass is 164 g/mol. The molecule has 0 radical (unpaired) electrons. The summed E-state index contributed by atoms with van der Waals surface area (Å²) in [7, 11) is 0. The molecule has 0 atom stereocenters. The fraction of sp³-hybridized carbons (Fsp3) is 0.444. The van der Waals surface area contributed by atoms with Crippen molar-refractivity contribution >= 4 is 5.91 Å². The van der Waals surface area contributed by atoms with Crippen LogP contribution in [0.4, 0.5) is 0 Å². The maximum atomic E-state index is 10.8. The summed E-state index contributed by atoms with van der Waals surface area (Å²) in [6.07, 6.45) is 4.58. The SMILES string of the molecule is NC(=O)c1cc2c([nH]1)CCCC2. The van der Waals surface area contributed by atoms with Gasteiger partial charge in [-0.15, -0.1) is 0 Å². The predicted octanol–water partition coefficient (Wildman–Crippen LogP) is 0.992. The van der Waals surface area contributed by atoms with E-state index in [1.165, 1.54) is 24.1 Å². The molecule has 1 aromatic rings. The van der Waals surface area contributed by atoms with Crippen LogP contribution < -0.4 is 5.73 Å². The summed E-state index contributed by atoms with van der Waals surface area (Å²) in [6, 6.07) is 1.89. The van der Waals surface area contributed by atoms with E-state index in [-0.39, 0.29) is 5.91 Å². The molecule has 64 valence electrons. The molecular formula is C9H12N2O. The van der Waals surface area contributed by atoms with Crippen molar-refractivity contribution in [2.75, 3.05) is 0 Å². The Morgan fingerprint density at radius 1 is 1.42 bits per heavy atom. The van der Waals surface area contributed by atoms with Gasteiger partial charge in [-0.3, -0.25) is 4.79 Å². The summed E-state index contributed by atoms with van der Waals surface area (Å²) in [4.78, 5) is 13.9. The number of primary amides is 1. The van der Waals surface area contributed by atoms with Crippen molar-refractivity contribution in [1.82, 2.24) is 4.98 Å². The van der Waals surface area contributed by atoms with E-state index in [1.807, 2.05) is 6.07 Å². The molecule has 1 aromatic heterocycles. The van der Waals surface area contributed by atoms with E-state index >= 15 is 0 Å². The van der Waals surface area contributed by atoms with Crippen LogP contribution in [-0.2, 0) is 12.8 Å². The Morgan fingerprint density at radius 3 is 2.83 bits per heavy atom. The Balaban J connectivity index is 2.38. The fourth-order valence-corrected chi connectivity index (χ4v) is 1.74. The van der Waals surface area contributed by atoms with Crippen LogP contribution in [0.25, 0.3) is 0 Å². The minimum Gasteiger partial charge on any atom is -0.364 e. The number of hydrogen-bond donors (Lipinski definition) is 2. The van der Waals surface area contributed by atoms with Gasteiger partial charge in [-0.25, -0.2) is 0 Å². The first kappa shape index (κ1) is 7.40. The molecule has 1 aliphatic rings. The van der Waals surface area contributed by atoms with Gasteiger partial charge in [0.2, 0.25) is 0 Å². The van der Waals surface area contributed by atoms with E-state index in [2.05, 4.69) is 4.98 Å². The molecule has 0 spiro atoms. The maximum Gasteiger partial charge on any atom is 0.265 e. The summed E-state index contributed by atoms with van der Waals surface area (Å²) in [5.41, 5.74) is 8.19. The van der Waals surface area contributed by atoms with Crippen molar-refractivity contribution in [3.63, 3.8) is 0 Å². The normalized spacial score (nSPS) is 15.7. The fourth-order valence-electron chi connectivity index (χ4n) is 1.74. The Bertz CT molecular complexity index is 291. The summed E-state index contributed by atoms with van der Waals surface area (Å²) in [6.45, 7) is 0. The van der Waals surface area contributed by atoms with Crippen LogP contribution in [0, 0.1) is 0 Å². The van der Waals surface area contributed by atoms with Gasteiger partial charge in [0, 0.05) is 5.69 Å². The van der Waals surface area contributed by atoms with Crippen LogP contribution in [-0.4, -0.2) is 10.9 Å². The number of fused-ring (bicyclic) bond motifs is 1. The van der Waals surface area contributed by atoms with Crippen molar-refractivity contribution < 1.29 is 4.79 Å². The summed E-state index contributed by atoms with van der Waals surface area (Å²) >= 11 is 0. The molecule has 2 rings (SSSR count). The highest BCUT2D eigenvalue weighted by Gasteiger charge is 2.14. The molecule has 0 aliphatic heterocycles. The molecule has 1 aliphatic carbocycles. The molecule has 0 bridgehead atoms. The van der Waals surface area contributed by atoms with Gasteiger partial charge in [0.15, 0.2) is 0 Å². The van der Waals surface area contributed by atoms with Gasteiger partial charge in [0.25, 0.3) is 5.91 Å². The van der Waals surface area contributed by atoms with E-state index < -0.39 is 0 Å². The lowest BCUT2D eigenvalue weighted by Crippen LogP contribution is -2.11. The Morgan fingerprint density at radius 2 is 2.17 bits per heavy atom. The zero-order chi connectivity index (χ0) is 8.55. The van der Waals surface area contributed by atoms with E-state index in [1.54, 1.807) is 0 Å². The smallest absolute Gasteiger partial charge is 0.265 e. The Hall–Kier alpha value is -1.25. The van der Waals surface area contributed by atoms with Crippen molar-refractivity contribution in [3.8, 4) is 0 Å². The number of nitrogens with two attached hydrogens (primary N) is 1. The van der Waals surface area contributed by atoms with Gasteiger partial charge < -0.3 is 10.7 Å². The van der Waals surface area contributed by atoms with Crippen LogP contribution in [0.1, 0.15) is 34.6 Å². The molecular weight excluding hydrogens is 152 g/mol. The average molecular weight is 164 g/mol. The van der Waals surface area contributed by atoms with Crippen molar-refractivity contribution in [1.29, 1.82) is 0 Å². The van der Waals surface area contributed by atoms with E-state index in [4.69, 9.17) is 5.73 Å². The van der Waals surface area contributed by atoms with E-state index in [9.17, 15) is 4.79 Å². The van der Waals surface area contributed by atoms with Crippen molar-refractivity contribution in [2.45, 2.75) is 25.7 Å². The lowest BCUT2D eigenvalue weighted by atomic mass is 9.98. The number of rotatable bonds is 1. The summed E-state index contributed by atoms with van der Waals surface area (Å²) in [5, 5.41) is 0. The number of hydrogen-bond acceptors (Lipinski definition) is 1. The third kappa shape index (κ3) is 1.11. The molecule has 3 nitrogen and oxygen atoms in total. The minimum atomic E-state index is -0.357. The highest BCUT2D eigenvalue weighted by molar-refractivity contribution is 5.91. The molecule has 0 aromatic carbocycles. The van der Waals surface area contributed by atoms with Gasteiger partial charge in [0.1, 0.15) is 5.69 Å². The number of aryl methyl sites for hydroxylation is 2. The van der Waals surface area contributed by atoms with Gasteiger partial charge in [0.05, 0.1) is 0 Å². The van der Waals surface area contributed by atoms with Crippen LogP contribution in [0.5, 0.6) is 0 Å². The third-order valence-corrected chi connectivity index (χ3v) is 2.38. The first-order chi connectivity index (χ1) is 5.77. The lowest BCUT2D eigenvalue weighted by Gasteiger charge is -2.08. The maximum absolute atomic E-state index is 10.8. The average Bonchev–Trinajstić information content (AvgIpc) is 2.46. The molecule has 1 heterocycles. The second-order valence-electron chi connectivity index (χ2n) is 3.26. The number of carbonyl (C=O) groups is 1. The van der Waals surface area contributed by atoms with Gasteiger partial charge in [-0.1, -0.05) is 0 Å². The molecule has 0 unspecified atom stereocenters. The molecule has 1 amide bonds. The van der Waals surface area contributed by atoms with Crippen LogP contribution in [0.15, 0.2) is 6.07 Å². The van der Waals surface area contributed by atoms with Crippen LogP contribution in [0.2, 0.25) is 0 Å². The summed E-state index contributed by atoms with van der Waals surface area (Å²) in [5.74, 6) is -0.357. The van der Waals surface area contributed by atoms with Gasteiger partial charge in [-0.05, 0) is 37.3 Å². The number of aromatic nitrogens is 1. The predicted molar refractivity (Wildman–Crippen MR) is 46.0 cm³/mol. The quantitative estimate of drug-likeness (QED) is 0.639. The topological polar surface area (TPSA) is 58.9 Å². The van der Waals surface area contributed by atoms with E-state index in [0.717, 1.165) is 12.8 Å². The molecule has 3 heteroatoms. The van der Waals surface area contributed by atoms with E-state index in [0.29, 0.717) is 5.69 Å². The molecule has 0 saturated carbocycles. The first-order valence-electron chi connectivity index (χ1n) is 4.28. The van der Waals surface area contributed by atoms with Crippen molar-refractivity contribution in [3.05, 3.63) is 23.0 Å². The first-order valence-corrected chi connectivity index (χ1v) is 4.28. The largest absolute Gasteiger partial charge is 0.364 e. The Labute approximate surface area is 71.0 Å². The molecule has 0 saturated heterocycles. The molecule has 12 heavy (non-hydrogen) atoms. The second kappa shape index (κ2) is 2.66. The number of nitrogens with one attached hydrogen (secondary N) is 1. The number of amides is 1. The standard InChI is InChI=1S/C9H12N2O/c10-9(12)8-5-6-3-1-2-4-7(6)11-8/h5,11H,1-4H2,(H2,10,12). The van der Waals surface area contributed by atoms with Crippen LogP contribution >= 0.6 is 0 Å². The highest BCUT2D eigenvalue weighted by Crippen LogP contribution is 2.21. The second-order valence-corrected chi connectivity index (χ2v) is 3.26. The zero-order valence-electron chi connectivity index (χ0n) is 6.89.